The van der Waals surface area contributed by atoms with Crippen LogP contribution in [-0.2, 0) is 19.9 Å². The highest BCUT2D eigenvalue weighted by atomic mass is 79.9. The fraction of sp³-hybridized carbons (Fsp3) is 0.632. The summed E-state index contributed by atoms with van der Waals surface area (Å²) in [6.45, 7) is 5.62. The second kappa shape index (κ2) is 6.77. The highest BCUT2D eigenvalue weighted by molar-refractivity contribution is 9.10. The summed E-state index contributed by atoms with van der Waals surface area (Å²) in [4.78, 5) is 12.1. The van der Waals surface area contributed by atoms with Gasteiger partial charge in [0.2, 0.25) is 0 Å². The number of nitrogens with one attached hydrogen (secondary N) is 1. The standard InChI is InChI=1S/C19H26BrNO3/c1-18(2,3)24-17(22)12-23-19(13-4-6-14(20)7-5-13)10-15-8-9-16(11-19)21-15/h4-7,15-16,21H,8-12H2,1-3H3. The summed E-state index contributed by atoms with van der Waals surface area (Å²) in [6, 6.07) is 9.21. The van der Waals surface area contributed by atoms with E-state index in [-0.39, 0.29) is 12.6 Å². The van der Waals surface area contributed by atoms with E-state index in [1.165, 1.54) is 12.8 Å². The van der Waals surface area contributed by atoms with Crippen LogP contribution in [0.25, 0.3) is 0 Å². The van der Waals surface area contributed by atoms with E-state index in [0.29, 0.717) is 12.1 Å². The molecule has 3 rings (SSSR count). The minimum atomic E-state index is -0.488. The smallest absolute Gasteiger partial charge is 0.332 e. The fourth-order valence-electron chi connectivity index (χ4n) is 3.86. The molecule has 0 aromatic heterocycles. The van der Waals surface area contributed by atoms with Crippen molar-refractivity contribution in [2.45, 2.75) is 69.7 Å². The van der Waals surface area contributed by atoms with Gasteiger partial charge < -0.3 is 14.8 Å². The number of carbonyl (C=O) groups is 1. The van der Waals surface area contributed by atoms with Gasteiger partial charge in [-0.15, -0.1) is 0 Å². The predicted molar refractivity (Wildman–Crippen MR) is 96.8 cm³/mol. The summed E-state index contributed by atoms with van der Waals surface area (Å²) in [5.74, 6) is -0.301. The molecule has 1 aromatic rings. The van der Waals surface area contributed by atoms with E-state index < -0.39 is 11.2 Å². The van der Waals surface area contributed by atoms with Crippen molar-refractivity contribution < 1.29 is 14.3 Å². The number of halogens is 1. The molecule has 5 heteroatoms. The molecule has 0 amide bonds. The average Bonchev–Trinajstić information content (AvgIpc) is 2.83. The maximum atomic E-state index is 12.1. The maximum absolute atomic E-state index is 12.1. The highest BCUT2D eigenvalue weighted by Crippen LogP contribution is 2.43. The van der Waals surface area contributed by atoms with Crippen LogP contribution in [-0.4, -0.2) is 30.3 Å². The van der Waals surface area contributed by atoms with Gasteiger partial charge in [0.15, 0.2) is 0 Å². The molecule has 2 aliphatic heterocycles. The zero-order valence-electron chi connectivity index (χ0n) is 14.6. The van der Waals surface area contributed by atoms with Crippen LogP contribution in [0.15, 0.2) is 28.7 Å². The molecular weight excluding hydrogens is 370 g/mol. The summed E-state index contributed by atoms with van der Waals surface area (Å²) in [7, 11) is 0. The number of ether oxygens (including phenoxy) is 2. The molecule has 2 saturated heterocycles. The number of benzene rings is 1. The molecule has 0 spiro atoms. The van der Waals surface area contributed by atoms with Gasteiger partial charge in [-0.05, 0) is 64.2 Å². The van der Waals surface area contributed by atoms with E-state index >= 15 is 0 Å². The van der Waals surface area contributed by atoms with Crippen molar-refractivity contribution in [2.24, 2.45) is 0 Å². The Morgan fingerprint density at radius 3 is 2.33 bits per heavy atom. The van der Waals surface area contributed by atoms with E-state index in [9.17, 15) is 4.79 Å². The van der Waals surface area contributed by atoms with Crippen LogP contribution in [0.5, 0.6) is 0 Å². The number of carbonyl (C=O) groups excluding carboxylic acids is 1. The summed E-state index contributed by atoms with van der Waals surface area (Å²) >= 11 is 3.49. The number of hydrogen-bond acceptors (Lipinski definition) is 4. The molecule has 0 saturated carbocycles. The Balaban J connectivity index is 1.78. The van der Waals surface area contributed by atoms with Crippen molar-refractivity contribution in [1.82, 2.24) is 5.32 Å². The predicted octanol–water partition coefficient (Wildman–Crippen LogP) is 3.92. The number of rotatable bonds is 4. The molecule has 0 aliphatic carbocycles. The number of piperidine rings is 1. The molecule has 2 fully saturated rings. The van der Waals surface area contributed by atoms with Crippen LogP contribution in [0.3, 0.4) is 0 Å². The Hall–Kier alpha value is -0.910. The maximum Gasteiger partial charge on any atom is 0.332 e. The molecule has 2 aliphatic rings. The zero-order valence-corrected chi connectivity index (χ0v) is 16.2. The SMILES string of the molecule is CC(C)(C)OC(=O)COC1(c2ccc(Br)cc2)CC2CCC(C1)N2. The molecule has 2 atom stereocenters. The van der Waals surface area contributed by atoms with Gasteiger partial charge in [-0.2, -0.15) is 0 Å². The first-order valence-electron chi connectivity index (χ1n) is 8.64. The van der Waals surface area contributed by atoms with Gasteiger partial charge in [-0.25, -0.2) is 4.79 Å². The van der Waals surface area contributed by atoms with Gasteiger partial charge in [-0.3, -0.25) is 0 Å². The van der Waals surface area contributed by atoms with Crippen LogP contribution < -0.4 is 5.32 Å². The normalized spacial score (nSPS) is 29.5. The quantitative estimate of drug-likeness (QED) is 0.784. The molecule has 2 heterocycles. The van der Waals surface area contributed by atoms with Gasteiger partial charge in [0.25, 0.3) is 0 Å². The lowest BCUT2D eigenvalue weighted by Gasteiger charge is -2.41. The molecule has 132 valence electrons. The Morgan fingerprint density at radius 2 is 1.79 bits per heavy atom. The lowest BCUT2D eigenvalue weighted by Crippen LogP contribution is -2.49. The van der Waals surface area contributed by atoms with Crippen LogP contribution in [0.2, 0.25) is 0 Å². The minimum Gasteiger partial charge on any atom is -0.458 e. The van der Waals surface area contributed by atoms with Crippen molar-refractivity contribution in [3.8, 4) is 0 Å². The summed E-state index contributed by atoms with van der Waals surface area (Å²) in [5.41, 5.74) is 0.250. The van der Waals surface area contributed by atoms with E-state index in [1.807, 2.05) is 32.9 Å². The third-order valence-electron chi connectivity index (χ3n) is 4.74. The first kappa shape index (κ1) is 17.9. The van der Waals surface area contributed by atoms with Crippen molar-refractivity contribution in [3.05, 3.63) is 34.3 Å². The summed E-state index contributed by atoms with van der Waals surface area (Å²) in [6.07, 6.45) is 4.15. The van der Waals surface area contributed by atoms with Crippen LogP contribution in [0.1, 0.15) is 52.0 Å². The summed E-state index contributed by atoms with van der Waals surface area (Å²) in [5, 5.41) is 3.65. The van der Waals surface area contributed by atoms with Crippen molar-refractivity contribution in [2.75, 3.05) is 6.61 Å². The number of esters is 1. The van der Waals surface area contributed by atoms with Gasteiger partial charge in [-0.1, -0.05) is 28.1 Å². The second-order valence-corrected chi connectivity index (χ2v) is 8.84. The molecule has 2 bridgehead atoms. The Kier molecular flexibility index (Phi) is 5.05. The fourth-order valence-corrected chi connectivity index (χ4v) is 4.13. The van der Waals surface area contributed by atoms with E-state index in [4.69, 9.17) is 9.47 Å². The lowest BCUT2D eigenvalue weighted by molar-refractivity contribution is -0.171. The molecule has 1 N–H and O–H groups in total. The van der Waals surface area contributed by atoms with E-state index in [2.05, 4.69) is 33.4 Å². The Morgan fingerprint density at radius 1 is 1.21 bits per heavy atom. The van der Waals surface area contributed by atoms with E-state index in [1.54, 1.807) is 0 Å². The largest absolute Gasteiger partial charge is 0.458 e. The molecule has 1 aromatic carbocycles. The van der Waals surface area contributed by atoms with Gasteiger partial charge in [0.1, 0.15) is 12.2 Å². The number of fused-ring (bicyclic) bond motifs is 2. The molecular formula is C19H26BrNO3. The van der Waals surface area contributed by atoms with Crippen LogP contribution in [0.4, 0.5) is 0 Å². The van der Waals surface area contributed by atoms with Gasteiger partial charge in [0.05, 0.1) is 5.60 Å². The van der Waals surface area contributed by atoms with E-state index in [0.717, 1.165) is 22.9 Å². The topological polar surface area (TPSA) is 47.6 Å². The monoisotopic (exact) mass is 395 g/mol. The highest BCUT2D eigenvalue weighted by Gasteiger charge is 2.46. The van der Waals surface area contributed by atoms with Crippen LogP contribution >= 0.6 is 15.9 Å². The molecule has 2 unspecified atom stereocenters. The average molecular weight is 396 g/mol. The Bertz CT molecular complexity index is 582. The first-order valence-corrected chi connectivity index (χ1v) is 9.43. The third kappa shape index (κ3) is 4.19. The minimum absolute atomic E-state index is 0.00717. The lowest BCUT2D eigenvalue weighted by atomic mass is 9.81. The molecule has 4 nitrogen and oxygen atoms in total. The van der Waals surface area contributed by atoms with Gasteiger partial charge >= 0.3 is 5.97 Å². The summed E-state index contributed by atoms with van der Waals surface area (Å²) < 4.78 is 12.7. The van der Waals surface area contributed by atoms with Crippen LogP contribution in [0, 0.1) is 0 Å². The van der Waals surface area contributed by atoms with Crippen molar-refractivity contribution >= 4 is 21.9 Å². The number of hydrogen-bond donors (Lipinski definition) is 1. The zero-order chi connectivity index (χ0) is 17.4. The third-order valence-corrected chi connectivity index (χ3v) is 5.27. The van der Waals surface area contributed by atoms with Crippen molar-refractivity contribution in [1.29, 1.82) is 0 Å². The second-order valence-electron chi connectivity index (χ2n) is 7.92. The first-order chi connectivity index (χ1) is 11.3. The van der Waals surface area contributed by atoms with Crippen molar-refractivity contribution in [3.63, 3.8) is 0 Å². The molecule has 24 heavy (non-hydrogen) atoms. The molecule has 0 radical (unpaired) electrons. The van der Waals surface area contributed by atoms with Gasteiger partial charge in [0, 0.05) is 16.6 Å². The Labute approximate surface area is 152 Å².